The highest BCUT2D eigenvalue weighted by Gasteiger charge is 2.19. The normalized spacial score (nSPS) is 13.4. The van der Waals surface area contributed by atoms with Gasteiger partial charge in [-0.05, 0) is 89.9 Å². The van der Waals surface area contributed by atoms with E-state index in [2.05, 4.69) is 87.6 Å². The Morgan fingerprint density at radius 3 is 1.25 bits per heavy atom. The molecule has 0 bridgehead atoms. The Kier molecular flexibility index (Phi) is 47.2. The van der Waals surface area contributed by atoms with Crippen molar-refractivity contribution in [2.75, 3.05) is 13.2 Å². The Balaban J connectivity index is 4.62. The van der Waals surface area contributed by atoms with Gasteiger partial charge < -0.3 is 14.2 Å². The summed E-state index contributed by atoms with van der Waals surface area (Å²) >= 11 is 0. The van der Waals surface area contributed by atoms with Crippen LogP contribution in [-0.2, 0) is 28.6 Å². The van der Waals surface area contributed by atoms with Crippen LogP contribution < -0.4 is 0 Å². The lowest BCUT2D eigenvalue weighted by Crippen LogP contribution is -2.30. The van der Waals surface area contributed by atoms with E-state index in [4.69, 9.17) is 14.2 Å². The Bertz CT molecular complexity index is 1480. The summed E-state index contributed by atoms with van der Waals surface area (Å²) in [7, 11) is 0. The molecule has 0 aliphatic heterocycles. The van der Waals surface area contributed by atoms with Crippen LogP contribution in [0.5, 0.6) is 0 Å². The van der Waals surface area contributed by atoms with Crippen molar-refractivity contribution in [2.45, 2.75) is 187 Å². The molecule has 0 aromatic carbocycles. The molecule has 6 heteroatoms. The van der Waals surface area contributed by atoms with Gasteiger partial charge in [0.15, 0.2) is 6.10 Å². The van der Waals surface area contributed by atoms with Crippen LogP contribution in [-0.4, -0.2) is 37.2 Å². The quantitative estimate of drug-likeness (QED) is 0.0200. The summed E-state index contributed by atoms with van der Waals surface area (Å²) in [5.41, 5.74) is 0. The maximum atomic E-state index is 12.8. The fourth-order valence-corrected chi connectivity index (χ4v) is 6.08. The number of rotatable bonds is 42. The first-order valence-corrected chi connectivity index (χ1v) is 24.9. The Morgan fingerprint density at radius 2 is 0.719 bits per heavy atom. The Labute approximate surface area is 391 Å². The summed E-state index contributed by atoms with van der Waals surface area (Å²) in [6, 6.07) is 0. The van der Waals surface area contributed by atoms with Crippen molar-refractivity contribution in [3.63, 3.8) is 0 Å². The smallest absolute Gasteiger partial charge is 0.306 e. The predicted molar refractivity (Wildman–Crippen MR) is 274 cm³/mol. The average Bonchev–Trinajstić information content (AvgIpc) is 3.29. The molecule has 0 aromatic rings. The minimum atomic E-state index is -0.837. The van der Waals surface area contributed by atoms with Crippen LogP contribution in [0.3, 0.4) is 0 Å². The molecule has 0 saturated heterocycles. The van der Waals surface area contributed by atoms with Crippen molar-refractivity contribution >= 4 is 17.9 Å². The molecule has 0 aliphatic carbocycles. The number of allylic oxidation sites excluding steroid dienone is 24. The number of carbonyl (C=O) groups excluding carboxylic acids is 3. The Hall–Kier alpha value is -4.71. The van der Waals surface area contributed by atoms with E-state index >= 15 is 0 Å². The minimum Gasteiger partial charge on any atom is -0.462 e. The molecular weight excluding hydrogens is 793 g/mol. The zero-order valence-electron chi connectivity index (χ0n) is 40.5. The molecule has 1 atom stereocenters. The molecule has 0 heterocycles. The Morgan fingerprint density at radius 1 is 0.344 bits per heavy atom. The molecular formula is C58H88O6. The molecule has 0 aliphatic rings. The number of unbranched alkanes of at least 4 members (excludes halogenated alkanes) is 13. The molecule has 0 aromatic heterocycles. The van der Waals surface area contributed by atoms with E-state index in [9.17, 15) is 14.4 Å². The minimum absolute atomic E-state index is 0.135. The summed E-state index contributed by atoms with van der Waals surface area (Å²) < 4.78 is 16.7. The SMILES string of the molecule is CC\C=C/C=C\C=C/C=C\C=C\C=C/C=C\CCCCCC(=O)OCC(COC(=O)CC/C=C\C/C=C\CCCCCCCC)OC(=O)CCCCCC/C=C\C/C=C\C/C=C\CC. The summed E-state index contributed by atoms with van der Waals surface area (Å²) in [5.74, 6) is -1.08. The number of ether oxygens (including phenoxy) is 3. The molecule has 6 nitrogen and oxygen atoms in total. The maximum Gasteiger partial charge on any atom is 0.306 e. The van der Waals surface area contributed by atoms with Gasteiger partial charge in [0.1, 0.15) is 13.2 Å². The van der Waals surface area contributed by atoms with Crippen LogP contribution >= 0.6 is 0 Å². The van der Waals surface area contributed by atoms with Crippen molar-refractivity contribution in [3.05, 3.63) is 146 Å². The van der Waals surface area contributed by atoms with E-state index in [0.717, 1.165) is 89.9 Å². The summed E-state index contributed by atoms with van der Waals surface area (Å²) in [4.78, 5) is 37.9. The molecule has 0 saturated carbocycles. The lowest BCUT2D eigenvalue weighted by Gasteiger charge is -2.18. The van der Waals surface area contributed by atoms with Gasteiger partial charge in [-0.25, -0.2) is 0 Å². The fourth-order valence-electron chi connectivity index (χ4n) is 6.08. The van der Waals surface area contributed by atoms with E-state index in [0.29, 0.717) is 12.8 Å². The molecule has 0 radical (unpaired) electrons. The molecule has 0 amide bonds. The summed E-state index contributed by atoms with van der Waals surface area (Å²) in [5, 5.41) is 0. The first kappa shape index (κ1) is 59.3. The van der Waals surface area contributed by atoms with Crippen LogP contribution in [0, 0.1) is 0 Å². The first-order chi connectivity index (χ1) is 31.5. The third kappa shape index (κ3) is 48.3. The van der Waals surface area contributed by atoms with E-state index in [1.165, 1.54) is 38.5 Å². The van der Waals surface area contributed by atoms with Crippen LogP contribution in [0.25, 0.3) is 0 Å². The first-order valence-electron chi connectivity index (χ1n) is 24.9. The highest BCUT2D eigenvalue weighted by atomic mass is 16.6. The van der Waals surface area contributed by atoms with Gasteiger partial charge in [-0.3, -0.25) is 14.4 Å². The summed E-state index contributed by atoms with van der Waals surface area (Å²) in [6.07, 6.45) is 72.6. The van der Waals surface area contributed by atoms with Crippen molar-refractivity contribution in [2.24, 2.45) is 0 Å². The largest absolute Gasteiger partial charge is 0.462 e. The predicted octanol–water partition coefficient (Wildman–Crippen LogP) is 16.5. The number of hydrogen-bond donors (Lipinski definition) is 0. The molecule has 0 N–H and O–H groups in total. The second-order valence-electron chi connectivity index (χ2n) is 15.8. The second kappa shape index (κ2) is 50.9. The zero-order chi connectivity index (χ0) is 46.5. The van der Waals surface area contributed by atoms with Gasteiger partial charge in [-0.1, -0.05) is 218 Å². The standard InChI is InChI=1S/C58H88O6/c1-4-7-10-13-16-19-22-25-27-28-29-30-31-34-36-39-42-45-48-51-57(60)63-54-55(53-62-56(59)50-47-44-41-38-35-32-24-21-18-15-12-9-6-3)64-58(61)52-49-46-43-40-37-33-26-23-20-17-14-11-8-5-2/h7-8,10-11,13,16-17,19-20,22,25-36,41,44,55H,4-6,9,12,14-15,18,21,23-24,37-40,42-43,45-54H2,1-3H3/b10-7-,11-8-,16-13-,20-17-,22-19-,27-25-,29-28+,31-30-,33-26-,35-32-,36-34-,44-41-. The van der Waals surface area contributed by atoms with Crippen LogP contribution in [0.2, 0.25) is 0 Å². The maximum absolute atomic E-state index is 12.8. The van der Waals surface area contributed by atoms with Crippen LogP contribution in [0.4, 0.5) is 0 Å². The third-order valence-electron chi connectivity index (χ3n) is 9.77. The molecule has 0 fully saturated rings. The van der Waals surface area contributed by atoms with Crippen molar-refractivity contribution in [3.8, 4) is 0 Å². The highest BCUT2D eigenvalue weighted by molar-refractivity contribution is 5.71. The van der Waals surface area contributed by atoms with E-state index in [1.54, 1.807) is 0 Å². The lowest BCUT2D eigenvalue weighted by molar-refractivity contribution is -0.166. The second-order valence-corrected chi connectivity index (χ2v) is 15.8. The van der Waals surface area contributed by atoms with Gasteiger partial charge in [-0.2, -0.15) is 0 Å². The molecule has 0 rings (SSSR count). The third-order valence-corrected chi connectivity index (χ3v) is 9.77. The zero-order valence-corrected chi connectivity index (χ0v) is 40.5. The highest BCUT2D eigenvalue weighted by Crippen LogP contribution is 2.11. The van der Waals surface area contributed by atoms with Gasteiger partial charge in [0.25, 0.3) is 0 Å². The molecule has 0 spiro atoms. The number of hydrogen-bond acceptors (Lipinski definition) is 6. The van der Waals surface area contributed by atoms with Gasteiger partial charge in [0, 0.05) is 19.3 Å². The van der Waals surface area contributed by atoms with Gasteiger partial charge in [0.2, 0.25) is 0 Å². The molecule has 356 valence electrons. The number of esters is 3. The van der Waals surface area contributed by atoms with Crippen LogP contribution in [0.1, 0.15) is 181 Å². The van der Waals surface area contributed by atoms with E-state index in [1.807, 2.05) is 79.0 Å². The molecule has 64 heavy (non-hydrogen) atoms. The average molecular weight is 881 g/mol. The van der Waals surface area contributed by atoms with Crippen molar-refractivity contribution in [1.29, 1.82) is 0 Å². The van der Waals surface area contributed by atoms with E-state index < -0.39 is 6.10 Å². The van der Waals surface area contributed by atoms with Gasteiger partial charge in [0.05, 0.1) is 0 Å². The monoisotopic (exact) mass is 881 g/mol. The molecule has 1 unspecified atom stereocenters. The van der Waals surface area contributed by atoms with E-state index in [-0.39, 0.29) is 50.4 Å². The van der Waals surface area contributed by atoms with Gasteiger partial charge >= 0.3 is 17.9 Å². The van der Waals surface area contributed by atoms with Crippen molar-refractivity contribution < 1.29 is 28.6 Å². The summed E-state index contributed by atoms with van der Waals surface area (Å²) in [6.45, 7) is 6.22. The van der Waals surface area contributed by atoms with Crippen molar-refractivity contribution in [1.82, 2.24) is 0 Å². The number of carbonyl (C=O) groups is 3. The van der Waals surface area contributed by atoms with Crippen LogP contribution in [0.15, 0.2) is 146 Å². The fraction of sp³-hybridized carbons (Fsp3) is 0.534. The van der Waals surface area contributed by atoms with Gasteiger partial charge in [-0.15, -0.1) is 0 Å². The lowest BCUT2D eigenvalue weighted by atomic mass is 10.1. The topological polar surface area (TPSA) is 78.9 Å².